The number of carbonyl (C=O) groups is 4. The number of amides is 2. The van der Waals surface area contributed by atoms with Gasteiger partial charge in [-0.2, -0.15) is 0 Å². The van der Waals surface area contributed by atoms with Crippen LogP contribution in [0.3, 0.4) is 0 Å². The summed E-state index contributed by atoms with van der Waals surface area (Å²) in [6.45, 7) is 2.62. The van der Waals surface area contributed by atoms with Gasteiger partial charge in [0.1, 0.15) is 12.2 Å². The third kappa shape index (κ3) is 8.63. The minimum absolute atomic E-state index is 0.00909. The Morgan fingerprint density at radius 2 is 1.69 bits per heavy atom. The lowest BCUT2D eigenvalue weighted by atomic mass is 9.90. The fourth-order valence-electron chi connectivity index (χ4n) is 3.51. The Morgan fingerprint density at radius 1 is 0.969 bits per heavy atom. The van der Waals surface area contributed by atoms with Crippen LogP contribution in [0.15, 0.2) is 35.5 Å². The molecule has 0 radical (unpaired) electrons. The van der Waals surface area contributed by atoms with Gasteiger partial charge in [-0.1, -0.05) is 0 Å². The Labute approximate surface area is 189 Å². The first-order valence-corrected chi connectivity index (χ1v) is 11.1. The summed E-state index contributed by atoms with van der Waals surface area (Å²) >= 11 is 0. The molecule has 0 heterocycles. The van der Waals surface area contributed by atoms with Crippen molar-refractivity contribution in [3.05, 3.63) is 41.1 Å². The summed E-state index contributed by atoms with van der Waals surface area (Å²) in [7, 11) is 1.84. The van der Waals surface area contributed by atoms with Crippen LogP contribution in [-0.4, -0.2) is 50.2 Å². The summed E-state index contributed by atoms with van der Waals surface area (Å²) in [5.74, 6) is -0.699. The largest absolute Gasteiger partial charge is 0.391 e. The van der Waals surface area contributed by atoms with Gasteiger partial charge in [-0.15, -0.1) is 0 Å². The normalized spacial score (nSPS) is 13.4. The van der Waals surface area contributed by atoms with Crippen molar-refractivity contribution in [2.75, 3.05) is 32.1 Å². The van der Waals surface area contributed by atoms with Crippen molar-refractivity contribution >= 4 is 29.1 Å². The molecule has 0 aromatic heterocycles. The lowest BCUT2D eigenvalue weighted by Crippen LogP contribution is -2.30. The Kier molecular flexibility index (Phi) is 10.6. The molecule has 0 fully saturated rings. The van der Waals surface area contributed by atoms with Crippen LogP contribution in [0.5, 0.6) is 0 Å². The van der Waals surface area contributed by atoms with Crippen LogP contribution in [0.4, 0.5) is 5.69 Å². The molecule has 0 saturated heterocycles. The van der Waals surface area contributed by atoms with Crippen molar-refractivity contribution in [1.82, 2.24) is 10.6 Å². The molecule has 174 valence electrons. The highest BCUT2D eigenvalue weighted by Crippen LogP contribution is 2.26. The SMILES string of the molecule is CNC1=C(C(=O)c2ccc(NC(=O)CC(=O)NCCOCCCC(C)=O)cc2)CCCC1. The van der Waals surface area contributed by atoms with Gasteiger partial charge in [-0.25, -0.2) is 0 Å². The van der Waals surface area contributed by atoms with Crippen LogP contribution in [-0.2, 0) is 19.1 Å². The predicted molar refractivity (Wildman–Crippen MR) is 122 cm³/mol. The molecule has 2 rings (SSSR count). The second kappa shape index (κ2) is 13.4. The van der Waals surface area contributed by atoms with Gasteiger partial charge in [0.2, 0.25) is 11.8 Å². The van der Waals surface area contributed by atoms with E-state index in [4.69, 9.17) is 4.74 Å². The van der Waals surface area contributed by atoms with Crippen LogP contribution in [0, 0.1) is 0 Å². The molecule has 1 aliphatic rings. The molecule has 32 heavy (non-hydrogen) atoms. The number of nitrogens with one attached hydrogen (secondary N) is 3. The molecule has 1 aliphatic carbocycles. The van der Waals surface area contributed by atoms with Crippen molar-refractivity contribution in [1.29, 1.82) is 0 Å². The van der Waals surface area contributed by atoms with E-state index >= 15 is 0 Å². The monoisotopic (exact) mass is 443 g/mol. The van der Waals surface area contributed by atoms with Gasteiger partial charge in [0, 0.05) is 49.1 Å². The quantitative estimate of drug-likeness (QED) is 0.245. The average Bonchev–Trinajstić information content (AvgIpc) is 2.78. The van der Waals surface area contributed by atoms with E-state index in [-0.39, 0.29) is 18.0 Å². The van der Waals surface area contributed by atoms with E-state index < -0.39 is 11.8 Å². The zero-order valence-electron chi connectivity index (χ0n) is 18.9. The van der Waals surface area contributed by atoms with Crippen molar-refractivity contribution < 1.29 is 23.9 Å². The number of hydrogen-bond donors (Lipinski definition) is 3. The molecule has 3 N–H and O–H groups in total. The lowest BCUT2D eigenvalue weighted by molar-refractivity contribution is -0.127. The van der Waals surface area contributed by atoms with Crippen LogP contribution in [0.2, 0.25) is 0 Å². The molecule has 0 spiro atoms. The topological polar surface area (TPSA) is 114 Å². The summed E-state index contributed by atoms with van der Waals surface area (Å²) in [4.78, 5) is 47.6. The van der Waals surface area contributed by atoms with Crippen molar-refractivity contribution in [2.45, 2.75) is 51.9 Å². The van der Waals surface area contributed by atoms with Gasteiger partial charge < -0.3 is 25.5 Å². The highest BCUT2D eigenvalue weighted by Gasteiger charge is 2.20. The summed E-state index contributed by atoms with van der Waals surface area (Å²) in [5.41, 5.74) is 2.94. The number of benzene rings is 1. The molecule has 8 heteroatoms. The fraction of sp³-hybridized carbons (Fsp3) is 0.500. The number of allylic oxidation sites excluding steroid dienone is 2. The van der Waals surface area contributed by atoms with Gasteiger partial charge in [0.25, 0.3) is 0 Å². The van der Waals surface area contributed by atoms with E-state index in [1.54, 1.807) is 24.3 Å². The number of rotatable bonds is 13. The van der Waals surface area contributed by atoms with Gasteiger partial charge in [-0.05, 0) is 63.3 Å². The first-order chi connectivity index (χ1) is 15.4. The molecule has 0 saturated carbocycles. The predicted octanol–water partition coefficient (Wildman–Crippen LogP) is 2.75. The van der Waals surface area contributed by atoms with Crippen molar-refractivity contribution in [3.63, 3.8) is 0 Å². The van der Waals surface area contributed by atoms with Gasteiger partial charge in [-0.3, -0.25) is 14.4 Å². The van der Waals surface area contributed by atoms with Crippen LogP contribution in [0.25, 0.3) is 0 Å². The third-order valence-corrected chi connectivity index (χ3v) is 5.18. The summed E-state index contributed by atoms with van der Waals surface area (Å²) in [5, 5.41) is 8.43. The zero-order valence-corrected chi connectivity index (χ0v) is 18.9. The molecule has 0 aliphatic heterocycles. The van der Waals surface area contributed by atoms with Gasteiger partial charge >= 0.3 is 0 Å². The van der Waals surface area contributed by atoms with Crippen molar-refractivity contribution in [2.24, 2.45) is 0 Å². The standard InChI is InChI=1S/C24H33N3O5/c1-17(28)6-5-14-32-15-13-26-22(29)16-23(30)27-19-11-9-18(10-12-19)24(31)20-7-3-4-8-21(20)25-2/h9-12,25H,3-8,13-16H2,1-2H3,(H,26,29)(H,27,30). The third-order valence-electron chi connectivity index (χ3n) is 5.18. The summed E-state index contributed by atoms with van der Waals surface area (Å²) < 4.78 is 5.32. The molecule has 1 aromatic carbocycles. The zero-order chi connectivity index (χ0) is 23.3. The maximum absolute atomic E-state index is 12.8. The molecule has 8 nitrogen and oxygen atoms in total. The number of ketones is 2. The number of anilines is 1. The first kappa shape index (κ1) is 25.3. The summed E-state index contributed by atoms with van der Waals surface area (Å²) in [6, 6.07) is 6.72. The number of ether oxygens (including phenoxy) is 1. The number of carbonyl (C=O) groups excluding carboxylic acids is 4. The second-order valence-corrected chi connectivity index (χ2v) is 7.81. The van der Waals surface area contributed by atoms with Gasteiger partial charge in [0.15, 0.2) is 5.78 Å². The first-order valence-electron chi connectivity index (χ1n) is 11.1. The molecule has 1 aromatic rings. The van der Waals surface area contributed by atoms with E-state index in [1.165, 1.54) is 6.92 Å². The molecule has 2 amide bonds. The smallest absolute Gasteiger partial charge is 0.233 e. The van der Waals surface area contributed by atoms with E-state index in [0.717, 1.165) is 37.0 Å². The minimum atomic E-state index is -0.434. The number of hydrogen-bond acceptors (Lipinski definition) is 6. The Bertz CT molecular complexity index is 846. The van der Waals surface area contributed by atoms with Gasteiger partial charge in [0.05, 0.1) is 6.61 Å². The highest BCUT2D eigenvalue weighted by molar-refractivity contribution is 6.09. The molecule has 0 unspecified atom stereocenters. The fourth-order valence-corrected chi connectivity index (χ4v) is 3.51. The van der Waals surface area contributed by atoms with E-state index in [9.17, 15) is 19.2 Å². The van der Waals surface area contributed by atoms with E-state index in [1.807, 2.05) is 7.05 Å². The lowest BCUT2D eigenvalue weighted by Gasteiger charge is -2.19. The Morgan fingerprint density at radius 3 is 2.38 bits per heavy atom. The molecular formula is C24H33N3O5. The Balaban J connectivity index is 1.73. The van der Waals surface area contributed by atoms with Crippen LogP contribution < -0.4 is 16.0 Å². The second-order valence-electron chi connectivity index (χ2n) is 7.81. The Hall–Kier alpha value is -3.00. The van der Waals surface area contributed by atoms with Crippen LogP contribution >= 0.6 is 0 Å². The average molecular weight is 444 g/mol. The highest BCUT2D eigenvalue weighted by atomic mass is 16.5. The van der Waals surface area contributed by atoms with E-state index in [0.29, 0.717) is 43.9 Å². The van der Waals surface area contributed by atoms with Crippen LogP contribution in [0.1, 0.15) is 62.2 Å². The maximum Gasteiger partial charge on any atom is 0.233 e. The van der Waals surface area contributed by atoms with Crippen molar-refractivity contribution in [3.8, 4) is 0 Å². The summed E-state index contributed by atoms with van der Waals surface area (Å²) in [6.07, 6.45) is 4.59. The molecule has 0 bridgehead atoms. The van der Waals surface area contributed by atoms with E-state index in [2.05, 4.69) is 16.0 Å². The number of Topliss-reactive ketones (excluding diaryl/α,β-unsaturated/α-hetero) is 2. The molecule has 0 atom stereocenters. The maximum atomic E-state index is 12.8. The molecular weight excluding hydrogens is 410 g/mol. The minimum Gasteiger partial charge on any atom is -0.391 e.